The number of hydrogen-bond donors (Lipinski definition) is 3. The smallest absolute Gasteiger partial charge is 0.411 e. The molecule has 23 heavy (non-hydrogen) atoms. The highest BCUT2D eigenvalue weighted by atomic mass is 35.5. The van der Waals surface area contributed by atoms with Gasteiger partial charge in [-0.25, -0.2) is 4.79 Å². The number of aromatic nitrogens is 1. The molecule has 0 aliphatic rings. The number of nitrogen functional groups attached to an aromatic ring is 1. The fourth-order valence-corrected chi connectivity index (χ4v) is 1.90. The van der Waals surface area contributed by atoms with Crippen molar-refractivity contribution in [1.82, 2.24) is 4.98 Å². The summed E-state index contributed by atoms with van der Waals surface area (Å²) in [5.41, 5.74) is 7.51. The summed E-state index contributed by atoms with van der Waals surface area (Å²) in [4.78, 5) is 15.8. The number of benzene rings is 1. The summed E-state index contributed by atoms with van der Waals surface area (Å²) in [5, 5.41) is 4.57. The van der Waals surface area contributed by atoms with Crippen LogP contribution >= 0.6 is 0 Å². The highest BCUT2D eigenvalue weighted by Crippen LogP contribution is 2.17. The number of carbonyl (C=O) groups excluding carboxylic acids is 1. The van der Waals surface area contributed by atoms with Gasteiger partial charge in [0.15, 0.2) is 5.82 Å². The first-order chi connectivity index (χ1) is 10.5. The van der Waals surface area contributed by atoms with Crippen molar-refractivity contribution in [2.45, 2.75) is 26.5 Å². The maximum Gasteiger partial charge on any atom is 0.411 e. The Morgan fingerprint density at radius 3 is 2.57 bits per heavy atom. The molecule has 5 N–H and O–H groups in total. The fourth-order valence-electron chi connectivity index (χ4n) is 1.90. The van der Waals surface area contributed by atoms with Crippen LogP contribution in [0.4, 0.5) is 22.1 Å². The molecule has 1 aromatic heterocycles. The Kier molecular flexibility index (Phi) is 7.31. The van der Waals surface area contributed by atoms with Crippen LogP contribution in [0.3, 0.4) is 0 Å². The molecule has 2 rings (SSSR count). The summed E-state index contributed by atoms with van der Waals surface area (Å²) >= 11 is 0. The van der Waals surface area contributed by atoms with Gasteiger partial charge in [-0.2, -0.15) is 4.98 Å². The minimum absolute atomic E-state index is 0. The summed E-state index contributed by atoms with van der Waals surface area (Å²) in [6, 6.07) is 13.6. The number of amides is 1. The number of halogens is 1. The van der Waals surface area contributed by atoms with Gasteiger partial charge in [-0.1, -0.05) is 30.3 Å². The van der Waals surface area contributed by atoms with Crippen LogP contribution in [0.15, 0.2) is 42.5 Å². The summed E-state index contributed by atoms with van der Waals surface area (Å²) in [6.45, 7) is 4.33. The lowest BCUT2D eigenvalue weighted by Crippen LogP contribution is -3.00. The van der Waals surface area contributed by atoms with Gasteiger partial charge in [0.1, 0.15) is 6.54 Å². The first-order valence-corrected chi connectivity index (χ1v) is 7.16. The number of carbonyl (C=O) groups is 1. The summed E-state index contributed by atoms with van der Waals surface area (Å²) in [5.74, 6) is 1.03. The van der Waals surface area contributed by atoms with E-state index < -0.39 is 6.09 Å². The zero-order valence-electron chi connectivity index (χ0n) is 13.1. The number of quaternary nitrogens is 1. The van der Waals surface area contributed by atoms with Gasteiger partial charge in [0.25, 0.3) is 0 Å². The summed E-state index contributed by atoms with van der Waals surface area (Å²) in [6.07, 6.45) is -0.725. The van der Waals surface area contributed by atoms with E-state index in [1.807, 2.05) is 29.6 Å². The van der Waals surface area contributed by atoms with Gasteiger partial charge in [-0.3, -0.25) is 10.6 Å². The molecule has 0 saturated carbocycles. The van der Waals surface area contributed by atoms with Crippen LogP contribution in [0.2, 0.25) is 0 Å². The number of rotatable bonds is 5. The third-order valence-electron chi connectivity index (χ3n) is 2.92. The maximum absolute atomic E-state index is 11.5. The van der Waals surface area contributed by atoms with E-state index in [4.69, 9.17) is 10.5 Å². The van der Waals surface area contributed by atoms with Crippen LogP contribution in [0.5, 0.6) is 0 Å². The van der Waals surface area contributed by atoms with E-state index >= 15 is 0 Å². The minimum atomic E-state index is -0.537. The highest BCUT2D eigenvalue weighted by molar-refractivity contribution is 5.88. The van der Waals surface area contributed by atoms with Crippen LogP contribution in [0.1, 0.15) is 19.4 Å². The number of nitrogens with two attached hydrogens (primary N) is 2. The van der Waals surface area contributed by atoms with E-state index in [-0.39, 0.29) is 24.3 Å². The Balaban J connectivity index is 0.00000264. The number of nitrogens with zero attached hydrogens (tertiary/aromatic N) is 1. The van der Waals surface area contributed by atoms with Gasteiger partial charge in [-0.15, -0.1) is 0 Å². The Bertz CT molecular complexity index is 635. The first kappa shape index (κ1) is 18.7. The van der Waals surface area contributed by atoms with Crippen LogP contribution < -0.4 is 28.8 Å². The monoisotopic (exact) mass is 336 g/mol. The Morgan fingerprint density at radius 1 is 1.26 bits per heavy atom. The molecule has 0 bridgehead atoms. The van der Waals surface area contributed by atoms with E-state index in [1.165, 1.54) is 5.56 Å². The number of anilines is 2. The molecular weight excluding hydrogens is 316 g/mol. The second-order valence-corrected chi connectivity index (χ2v) is 5.14. The third-order valence-corrected chi connectivity index (χ3v) is 2.92. The molecule has 0 unspecified atom stereocenters. The largest absolute Gasteiger partial charge is 1.00 e. The van der Waals surface area contributed by atoms with Crippen LogP contribution in [0.25, 0.3) is 0 Å². The first-order valence-electron chi connectivity index (χ1n) is 7.16. The van der Waals surface area contributed by atoms with Crippen molar-refractivity contribution >= 4 is 23.4 Å². The Hall–Kier alpha value is -2.31. The molecular formula is C16H21ClN4O2. The van der Waals surface area contributed by atoms with Crippen molar-refractivity contribution in [2.75, 3.05) is 11.1 Å². The van der Waals surface area contributed by atoms with Gasteiger partial charge in [0.2, 0.25) is 5.82 Å². The molecule has 1 aromatic carbocycles. The fraction of sp³-hybridized carbons (Fsp3) is 0.250. The number of nitrogens with one attached hydrogen (secondary N) is 1. The predicted molar refractivity (Wildman–Crippen MR) is 85.6 cm³/mol. The van der Waals surface area contributed by atoms with Crippen LogP contribution in [0, 0.1) is 0 Å². The molecule has 6 nitrogen and oxygen atoms in total. The normalized spacial score (nSPS) is 10.0. The quantitative estimate of drug-likeness (QED) is 0.654. The van der Waals surface area contributed by atoms with E-state index in [1.54, 1.807) is 19.9 Å². The topological polar surface area (TPSA) is 93.8 Å². The maximum atomic E-state index is 11.5. The predicted octanol–water partition coefficient (Wildman–Crippen LogP) is -0.980. The van der Waals surface area contributed by atoms with Gasteiger partial charge in [0.05, 0.1) is 11.8 Å². The molecule has 1 amide bonds. The molecule has 7 heteroatoms. The standard InChI is InChI=1S/C16H20N4O2.ClH/c1-11(2)22-16(21)19-13-8-9-14(20-15(13)17)18-10-12-6-4-3-5-7-12;/h3-9,11H,10H2,1-2H3,(H,19,21)(H3,17,18,20);1H. The Morgan fingerprint density at radius 2 is 1.96 bits per heavy atom. The molecule has 0 atom stereocenters. The number of hydrogen-bond acceptors (Lipinski definition) is 4. The average Bonchev–Trinajstić information content (AvgIpc) is 2.48. The third kappa shape index (κ3) is 6.14. The lowest BCUT2D eigenvalue weighted by Gasteiger charge is -2.11. The second-order valence-electron chi connectivity index (χ2n) is 5.14. The van der Waals surface area contributed by atoms with Crippen molar-refractivity contribution in [3.63, 3.8) is 0 Å². The molecule has 0 aliphatic carbocycles. The van der Waals surface area contributed by atoms with Crippen molar-refractivity contribution in [3.05, 3.63) is 48.0 Å². The van der Waals surface area contributed by atoms with E-state index in [0.29, 0.717) is 5.69 Å². The van der Waals surface area contributed by atoms with Gasteiger partial charge in [-0.05, 0) is 19.9 Å². The lowest BCUT2D eigenvalue weighted by molar-refractivity contribution is -0.592. The number of ether oxygens (including phenoxy) is 1. The molecule has 0 fully saturated rings. The van der Waals surface area contributed by atoms with Crippen molar-refractivity contribution < 1.29 is 27.3 Å². The van der Waals surface area contributed by atoms with E-state index in [0.717, 1.165) is 12.4 Å². The zero-order valence-corrected chi connectivity index (χ0v) is 13.9. The van der Waals surface area contributed by atoms with Crippen molar-refractivity contribution in [3.8, 4) is 0 Å². The molecule has 0 saturated heterocycles. The summed E-state index contributed by atoms with van der Waals surface area (Å²) < 4.78 is 5.00. The lowest BCUT2D eigenvalue weighted by atomic mass is 10.2. The van der Waals surface area contributed by atoms with Crippen LogP contribution in [-0.2, 0) is 11.3 Å². The van der Waals surface area contributed by atoms with Crippen LogP contribution in [-0.4, -0.2) is 17.2 Å². The highest BCUT2D eigenvalue weighted by Gasteiger charge is 2.10. The number of pyridine rings is 1. The second kappa shape index (κ2) is 8.97. The van der Waals surface area contributed by atoms with E-state index in [9.17, 15) is 4.79 Å². The molecule has 1 heterocycles. The van der Waals surface area contributed by atoms with E-state index in [2.05, 4.69) is 22.4 Å². The van der Waals surface area contributed by atoms with Crippen molar-refractivity contribution in [2.24, 2.45) is 0 Å². The minimum Gasteiger partial charge on any atom is -1.00 e. The molecule has 0 spiro atoms. The van der Waals surface area contributed by atoms with Gasteiger partial charge in [0, 0.05) is 11.6 Å². The SMILES string of the molecule is CC(C)OC(=O)Nc1ccc([NH2+]Cc2ccccc2)nc1N.[Cl-]. The zero-order chi connectivity index (χ0) is 15.9. The molecule has 2 aromatic rings. The Labute approximate surface area is 141 Å². The van der Waals surface area contributed by atoms with Gasteiger partial charge >= 0.3 is 6.09 Å². The molecule has 124 valence electrons. The molecule has 0 radical (unpaired) electrons. The van der Waals surface area contributed by atoms with Crippen molar-refractivity contribution in [1.29, 1.82) is 0 Å². The van der Waals surface area contributed by atoms with Gasteiger partial charge < -0.3 is 22.9 Å². The summed E-state index contributed by atoms with van der Waals surface area (Å²) in [7, 11) is 0. The molecule has 0 aliphatic heterocycles. The average molecular weight is 337 g/mol.